The molecule has 0 saturated heterocycles. The van der Waals surface area contributed by atoms with E-state index in [1.165, 1.54) is 10.9 Å². The first-order valence-electron chi connectivity index (χ1n) is 9.78. The highest BCUT2D eigenvalue weighted by molar-refractivity contribution is 6.72. The van der Waals surface area contributed by atoms with Gasteiger partial charge in [0, 0.05) is 21.1 Å². The summed E-state index contributed by atoms with van der Waals surface area (Å²) in [5.74, 6) is 0.987. The molecule has 0 fully saturated rings. The molecule has 2 heterocycles. The van der Waals surface area contributed by atoms with Crippen molar-refractivity contribution in [1.29, 1.82) is 0 Å². The summed E-state index contributed by atoms with van der Waals surface area (Å²) >= 11 is 0. The molecule has 0 bridgehead atoms. The number of anilines is 2. The molecule has 0 unspecified atom stereocenters. The molecule has 1 aromatic heterocycles. The van der Waals surface area contributed by atoms with Crippen molar-refractivity contribution in [3.8, 4) is 0 Å². The predicted molar refractivity (Wildman–Crippen MR) is 104 cm³/mol. The normalized spacial score (nSPS) is 16.3. The number of pyridine rings is 1. The molecular formula is C21H22BN2+. The van der Waals surface area contributed by atoms with Crippen molar-refractivity contribution in [3.05, 3.63) is 71.2 Å². The number of fused-ring (bicyclic) bond motifs is 2. The van der Waals surface area contributed by atoms with Crippen LogP contribution in [0.25, 0.3) is 17.0 Å². The molecule has 3 heteroatoms. The van der Waals surface area contributed by atoms with Crippen molar-refractivity contribution < 1.29 is 8.68 Å². The molecule has 24 heavy (non-hydrogen) atoms. The van der Waals surface area contributed by atoms with E-state index in [0.717, 1.165) is 22.6 Å². The predicted octanol–water partition coefficient (Wildman–Crippen LogP) is 4.69. The summed E-state index contributed by atoms with van der Waals surface area (Å²) in [7, 11) is 2.04. The van der Waals surface area contributed by atoms with E-state index in [1.54, 1.807) is 0 Å². The molecule has 0 N–H and O–H groups in total. The molecule has 1 aliphatic rings. The average molecular weight is 316 g/mol. The lowest BCUT2D eigenvalue weighted by molar-refractivity contribution is -0.631. The number of allylic oxidation sites excluding steroid dienone is 1. The summed E-state index contributed by atoms with van der Waals surface area (Å²) in [6, 6.07) is 18.4. The minimum absolute atomic E-state index is 0.265. The summed E-state index contributed by atoms with van der Waals surface area (Å²) in [5.41, 5.74) is 4.73. The van der Waals surface area contributed by atoms with Gasteiger partial charge in [0.1, 0.15) is 11.2 Å². The Morgan fingerprint density at radius 2 is 1.83 bits per heavy atom. The first-order valence-corrected chi connectivity index (χ1v) is 8.28. The molecule has 0 saturated carbocycles. The average Bonchev–Trinajstić information content (AvgIpc) is 2.64. The third-order valence-electron chi connectivity index (χ3n) is 4.97. The van der Waals surface area contributed by atoms with Crippen molar-refractivity contribution in [2.75, 3.05) is 4.81 Å². The van der Waals surface area contributed by atoms with Crippen molar-refractivity contribution in [3.63, 3.8) is 0 Å². The van der Waals surface area contributed by atoms with Crippen LogP contribution in [0.15, 0.2) is 60.1 Å². The van der Waals surface area contributed by atoms with Crippen molar-refractivity contribution >= 4 is 35.3 Å². The molecule has 4 rings (SSSR count). The number of aromatic nitrogens is 1. The van der Waals surface area contributed by atoms with Crippen LogP contribution in [-0.4, -0.2) is 6.85 Å². The monoisotopic (exact) mass is 316 g/mol. The fraction of sp³-hybridized carbons (Fsp3) is 0.190. The lowest BCUT2D eigenvalue weighted by atomic mass is 9.54. The van der Waals surface area contributed by atoms with Crippen molar-refractivity contribution in [2.24, 2.45) is 7.05 Å². The summed E-state index contributed by atoms with van der Waals surface area (Å²) < 4.78 is 26.2. The van der Waals surface area contributed by atoms with E-state index in [2.05, 4.69) is 40.6 Å². The first kappa shape index (κ1) is 11.9. The lowest BCUT2D eigenvalue weighted by Crippen LogP contribution is -2.45. The zero-order valence-corrected chi connectivity index (χ0v) is 14.2. The Hall–Kier alpha value is -2.55. The number of benzene rings is 2. The molecule has 0 spiro atoms. The first-order chi connectivity index (χ1) is 12.8. The largest absolute Gasteiger partial charge is 0.405 e. The van der Waals surface area contributed by atoms with Gasteiger partial charge in [-0.2, -0.15) is 0 Å². The Labute approximate surface area is 148 Å². The quantitative estimate of drug-likeness (QED) is 0.467. The lowest BCUT2D eigenvalue weighted by Gasteiger charge is -2.29. The standard InChI is InChI=1S/C21H22BN2/c1-15-13-21(23(4)20-12-8-6-10-18(15)20)24-19-11-7-5-9-17(19)14-16(2)22(24)3/h5-14H,1-4H3/q+1/i2D3. The van der Waals surface area contributed by atoms with E-state index in [4.69, 9.17) is 4.11 Å². The zero-order chi connectivity index (χ0) is 19.3. The maximum absolute atomic E-state index is 8.01. The van der Waals surface area contributed by atoms with Gasteiger partial charge in [0.25, 0.3) is 5.82 Å². The molecule has 0 radical (unpaired) electrons. The molecule has 0 aliphatic carbocycles. The topological polar surface area (TPSA) is 7.12 Å². The van der Waals surface area contributed by atoms with Crippen LogP contribution in [0.3, 0.4) is 0 Å². The summed E-state index contributed by atoms with van der Waals surface area (Å²) in [4.78, 5) is 2.15. The van der Waals surface area contributed by atoms with Gasteiger partial charge in [-0.3, -0.25) is 4.81 Å². The van der Waals surface area contributed by atoms with Crippen LogP contribution in [-0.2, 0) is 7.05 Å². The van der Waals surface area contributed by atoms with E-state index in [0.29, 0.717) is 5.47 Å². The van der Waals surface area contributed by atoms with E-state index >= 15 is 0 Å². The smallest absolute Gasteiger partial charge is 0.287 e. The van der Waals surface area contributed by atoms with Gasteiger partial charge >= 0.3 is 6.85 Å². The van der Waals surface area contributed by atoms with E-state index in [1.807, 2.05) is 50.3 Å². The Balaban J connectivity index is 2.00. The van der Waals surface area contributed by atoms with Gasteiger partial charge < -0.3 is 0 Å². The molecular weight excluding hydrogens is 291 g/mol. The van der Waals surface area contributed by atoms with Gasteiger partial charge in [0.05, 0.1) is 7.05 Å². The minimum atomic E-state index is -2.13. The van der Waals surface area contributed by atoms with Gasteiger partial charge in [-0.15, -0.1) is 0 Å². The highest BCUT2D eigenvalue weighted by atomic mass is 15.2. The SMILES string of the molecule is [2H]C([2H])([2H])C1=Cc2ccccc2N(c2cc(C)c3ccccc3[n+]2C)B1C. The summed E-state index contributed by atoms with van der Waals surface area (Å²) in [6.07, 6.45) is 1.83. The fourth-order valence-corrected chi connectivity index (χ4v) is 3.61. The van der Waals surface area contributed by atoms with Crippen LogP contribution in [0.4, 0.5) is 11.5 Å². The molecule has 0 atom stereocenters. The number of hydrogen-bond acceptors (Lipinski definition) is 1. The van der Waals surface area contributed by atoms with E-state index in [-0.39, 0.29) is 6.85 Å². The number of nitrogens with zero attached hydrogens (tertiary/aromatic N) is 2. The summed E-state index contributed by atoms with van der Waals surface area (Å²) in [5, 5.41) is 1.20. The van der Waals surface area contributed by atoms with Gasteiger partial charge in [-0.1, -0.05) is 47.9 Å². The second kappa shape index (κ2) is 5.52. The molecule has 3 aromatic rings. The van der Waals surface area contributed by atoms with Crippen LogP contribution in [0.1, 0.15) is 22.1 Å². The molecule has 2 aromatic carbocycles. The third kappa shape index (κ3) is 2.15. The van der Waals surface area contributed by atoms with Gasteiger partial charge in [-0.05, 0) is 38.3 Å². The van der Waals surface area contributed by atoms with Crippen LogP contribution in [0.5, 0.6) is 0 Å². The Morgan fingerprint density at radius 3 is 2.67 bits per heavy atom. The van der Waals surface area contributed by atoms with Crippen LogP contribution < -0.4 is 9.38 Å². The maximum atomic E-state index is 8.01. The highest BCUT2D eigenvalue weighted by Crippen LogP contribution is 2.36. The number of rotatable bonds is 1. The fourth-order valence-electron chi connectivity index (χ4n) is 3.61. The maximum Gasteiger partial charge on any atom is 0.405 e. The van der Waals surface area contributed by atoms with E-state index < -0.39 is 6.85 Å². The Kier molecular flexibility index (Phi) is 2.74. The van der Waals surface area contributed by atoms with Crippen molar-refractivity contribution in [1.82, 2.24) is 0 Å². The second-order valence-corrected chi connectivity index (χ2v) is 6.47. The summed E-state index contributed by atoms with van der Waals surface area (Å²) in [6.45, 7) is 1.68. The van der Waals surface area contributed by atoms with E-state index in [9.17, 15) is 0 Å². The Morgan fingerprint density at radius 1 is 1.08 bits per heavy atom. The number of aryl methyl sites for hydroxylation is 2. The van der Waals surface area contributed by atoms with Crippen LogP contribution in [0, 0.1) is 6.92 Å². The minimum Gasteiger partial charge on any atom is -0.287 e. The van der Waals surface area contributed by atoms with Crippen LogP contribution >= 0.6 is 0 Å². The molecule has 0 amide bonds. The number of para-hydroxylation sites is 2. The zero-order valence-electron chi connectivity index (χ0n) is 17.2. The molecule has 1 aliphatic heterocycles. The third-order valence-corrected chi connectivity index (χ3v) is 4.97. The Bertz CT molecular complexity index is 1070. The molecule has 2 nitrogen and oxygen atoms in total. The van der Waals surface area contributed by atoms with Crippen molar-refractivity contribution in [2.45, 2.75) is 20.6 Å². The van der Waals surface area contributed by atoms with Crippen LogP contribution in [0.2, 0.25) is 6.82 Å². The van der Waals surface area contributed by atoms with Gasteiger partial charge in [0.2, 0.25) is 0 Å². The van der Waals surface area contributed by atoms with Gasteiger partial charge in [-0.25, -0.2) is 4.57 Å². The highest BCUT2D eigenvalue weighted by Gasteiger charge is 2.36. The van der Waals surface area contributed by atoms with Gasteiger partial charge in [0.15, 0.2) is 0 Å². The second-order valence-electron chi connectivity index (χ2n) is 6.47. The number of hydrogen-bond donors (Lipinski definition) is 0. The molecule has 118 valence electrons.